The second-order valence-electron chi connectivity index (χ2n) is 6.78. The third-order valence-electron chi connectivity index (χ3n) is 4.95. The van der Waals surface area contributed by atoms with Gasteiger partial charge in [-0.25, -0.2) is 0 Å². The number of carbonyl (C=O) groups is 2. The average molecular weight is 446 g/mol. The molecular formula is C21H20ClN3O4S. The normalized spacial score (nSPS) is 19.2. The van der Waals surface area contributed by atoms with Crippen molar-refractivity contribution >= 4 is 58.4 Å². The Labute approximate surface area is 184 Å². The second kappa shape index (κ2) is 8.59. The molecule has 0 aliphatic carbocycles. The highest BCUT2D eigenvalue weighted by molar-refractivity contribution is 7.80. The minimum absolute atomic E-state index is 0.0109. The van der Waals surface area contributed by atoms with Crippen LogP contribution in [0.2, 0.25) is 5.02 Å². The summed E-state index contributed by atoms with van der Waals surface area (Å²) < 4.78 is 11.2. The van der Waals surface area contributed by atoms with Crippen LogP contribution in [0, 0.1) is 0 Å². The van der Waals surface area contributed by atoms with Gasteiger partial charge in [-0.3, -0.25) is 19.4 Å². The van der Waals surface area contributed by atoms with E-state index in [1.807, 2.05) is 6.07 Å². The molecule has 30 heavy (non-hydrogen) atoms. The Balaban J connectivity index is 1.68. The van der Waals surface area contributed by atoms with Crippen LogP contribution >= 0.6 is 23.8 Å². The number of furan rings is 1. The molecule has 0 atom stereocenters. The van der Waals surface area contributed by atoms with Crippen molar-refractivity contribution in [2.75, 3.05) is 42.6 Å². The summed E-state index contributed by atoms with van der Waals surface area (Å²) >= 11 is 11.4. The molecule has 0 saturated carbocycles. The fourth-order valence-electron chi connectivity index (χ4n) is 3.39. The third kappa shape index (κ3) is 3.86. The lowest BCUT2D eigenvalue weighted by Crippen LogP contribution is -2.56. The third-order valence-corrected chi connectivity index (χ3v) is 5.61. The van der Waals surface area contributed by atoms with Crippen LogP contribution in [-0.2, 0) is 14.3 Å². The summed E-state index contributed by atoms with van der Waals surface area (Å²) in [6.07, 6.45) is 1.47. The van der Waals surface area contributed by atoms with Crippen LogP contribution in [-0.4, -0.2) is 54.7 Å². The number of likely N-dealkylation sites (N-methyl/N-ethyl adjacent to an activating group) is 1. The number of carbonyl (C=O) groups excluding carboxylic acids is 2. The summed E-state index contributed by atoms with van der Waals surface area (Å²) in [4.78, 5) is 31.0. The highest BCUT2D eigenvalue weighted by atomic mass is 35.5. The van der Waals surface area contributed by atoms with E-state index < -0.39 is 11.8 Å². The zero-order valence-electron chi connectivity index (χ0n) is 16.3. The summed E-state index contributed by atoms with van der Waals surface area (Å²) in [7, 11) is 0. The number of ether oxygens (including phenoxy) is 1. The Hall–Kier alpha value is -2.68. The molecule has 1 aromatic heterocycles. The van der Waals surface area contributed by atoms with Crippen LogP contribution in [0.4, 0.5) is 11.6 Å². The number of amides is 2. The highest BCUT2D eigenvalue weighted by Crippen LogP contribution is 2.28. The molecule has 2 aromatic rings. The molecule has 0 bridgehead atoms. The fraction of sp³-hybridized carbons (Fsp3) is 0.286. The van der Waals surface area contributed by atoms with Gasteiger partial charge in [0.05, 0.1) is 18.9 Å². The Kier molecular flexibility index (Phi) is 5.90. The lowest BCUT2D eigenvalue weighted by molar-refractivity contribution is -0.127. The topological polar surface area (TPSA) is 66.2 Å². The number of morpholine rings is 1. The summed E-state index contributed by atoms with van der Waals surface area (Å²) in [5, 5.41) is 0.681. The molecule has 2 fully saturated rings. The van der Waals surface area contributed by atoms with E-state index in [-0.39, 0.29) is 10.7 Å². The molecule has 0 spiro atoms. The van der Waals surface area contributed by atoms with Gasteiger partial charge in [-0.05, 0) is 55.5 Å². The number of hydrogen-bond acceptors (Lipinski definition) is 6. The minimum atomic E-state index is -0.499. The highest BCUT2D eigenvalue weighted by Gasteiger charge is 2.39. The number of nitrogens with zero attached hydrogens (tertiary/aromatic N) is 3. The van der Waals surface area contributed by atoms with Crippen molar-refractivity contribution in [1.29, 1.82) is 0 Å². The summed E-state index contributed by atoms with van der Waals surface area (Å²) in [5.74, 6) is 0.162. The predicted octanol–water partition coefficient (Wildman–Crippen LogP) is 3.33. The molecule has 156 valence electrons. The zero-order valence-corrected chi connectivity index (χ0v) is 17.9. The number of hydrogen-bond donors (Lipinski definition) is 0. The van der Waals surface area contributed by atoms with Gasteiger partial charge in [-0.2, -0.15) is 0 Å². The molecule has 9 heteroatoms. The first-order valence-corrected chi connectivity index (χ1v) is 10.4. The van der Waals surface area contributed by atoms with E-state index in [0.29, 0.717) is 42.1 Å². The van der Waals surface area contributed by atoms with E-state index in [4.69, 9.17) is 33.0 Å². The maximum absolute atomic E-state index is 13.2. The second-order valence-corrected chi connectivity index (χ2v) is 7.58. The Morgan fingerprint density at radius 1 is 1.07 bits per heavy atom. The largest absolute Gasteiger partial charge is 0.441 e. The van der Waals surface area contributed by atoms with Gasteiger partial charge in [0.15, 0.2) is 11.0 Å². The lowest BCUT2D eigenvalue weighted by Gasteiger charge is -2.35. The molecule has 0 radical (unpaired) electrons. The lowest BCUT2D eigenvalue weighted by atomic mass is 10.1. The van der Waals surface area contributed by atoms with Gasteiger partial charge < -0.3 is 14.1 Å². The minimum Gasteiger partial charge on any atom is -0.441 e. The maximum atomic E-state index is 13.2. The van der Waals surface area contributed by atoms with Gasteiger partial charge in [0.25, 0.3) is 11.8 Å². The van der Waals surface area contributed by atoms with Gasteiger partial charge in [0.2, 0.25) is 0 Å². The summed E-state index contributed by atoms with van der Waals surface area (Å²) in [5.41, 5.74) is 0.531. The van der Waals surface area contributed by atoms with Gasteiger partial charge in [-0.1, -0.05) is 11.6 Å². The standard InChI is InChI=1S/C21H20ClN3O4S/c1-2-24-19(26)17(13-16-7-8-18(29-16)23-9-11-28-12-10-23)20(27)25(21(24)30)15-5-3-14(22)4-6-15/h3-8,13H,2,9-12H2,1H3/b17-13-. The first kappa shape index (κ1) is 20.6. The Bertz CT molecular complexity index is 1010. The monoisotopic (exact) mass is 445 g/mol. The van der Waals surface area contributed by atoms with Crippen molar-refractivity contribution in [3.8, 4) is 0 Å². The molecule has 2 amide bonds. The van der Waals surface area contributed by atoms with Crippen LogP contribution in [0.25, 0.3) is 6.08 Å². The summed E-state index contributed by atoms with van der Waals surface area (Å²) in [6, 6.07) is 10.3. The van der Waals surface area contributed by atoms with Gasteiger partial charge in [-0.15, -0.1) is 0 Å². The first-order valence-electron chi connectivity index (χ1n) is 9.59. The van der Waals surface area contributed by atoms with Crippen molar-refractivity contribution in [1.82, 2.24) is 4.90 Å². The van der Waals surface area contributed by atoms with E-state index >= 15 is 0 Å². The van der Waals surface area contributed by atoms with Gasteiger partial charge in [0.1, 0.15) is 11.3 Å². The van der Waals surface area contributed by atoms with Crippen molar-refractivity contribution in [3.63, 3.8) is 0 Å². The van der Waals surface area contributed by atoms with Crippen LogP contribution in [0.15, 0.2) is 46.4 Å². The van der Waals surface area contributed by atoms with Crippen LogP contribution in [0.5, 0.6) is 0 Å². The molecule has 7 nitrogen and oxygen atoms in total. The molecule has 3 heterocycles. The smallest absolute Gasteiger partial charge is 0.270 e. The van der Waals surface area contributed by atoms with Crippen LogP contribution in [0.3, 0.4) is 0 Å². The molecular weight excluding hydrogens is 426 g/mol. The molecule has 2 aliphatic rings. The number of anilines is 2. The molecule has 0 N–H and O–H groups in total. The SMILES string of the molecule is CCN1C(=O)/C(=C/c2ccc(N3CCOCC3)o2)C(=O)N(c2ccc(Cl)cc2)C1=S. The number of halogens is 1. The Morgan fingerprint density at radius 2 is 1.77 bits per heavy atom. The average Bonchev–Trinajstić information content (AvgIpc) is 3.22. The van der Waals surface area contributed by atoms with Gasteiger partial charge in [0, 0.05) is 30.7 Å². The van der Waals surface area contributed by atoms with E-state index in [1.54, 1.807) is 37.3 Å². The zero-order chi connectivity index (χ0) is 21.3. The number of thiocarbonyl (C=S) groups is 1. The fourth-order valence-corrected chi connectivity index (χ4v) is 3.91. The van der Waals surface area contributed by atoms with E-state index in [0.717, 1.165) is 13.1 Å². The molecule has 4 rings (SSSR count). The first-order chi connectivity index (χ1) is 14.5. The maximum Gasteiger partial charge on any atom is 0.270 e. The number of benzene rings is 1. The van der Waals surface area contributed by atoms with E-state index in [2.05, 4.69) is 4.90 Å². The predicted molar refractivity (Wildman–Crippen MR) is 119 cm³/mol. The molecule has 2 aliphatic heterocycles. The number of rotatable bonds is 4. The van der Waals surface area contributed by atoms with Crippen LogP contribution in [0.1, 0.15) is 12.7 Å². The van der Waals surface area contributed by atoms with E-state index in [1.165, 1.54) is 15.9 Å². The Morgan fingerprint density at radius 3 is 2.43 bits per heavy atom. The van der Waals surface area contributed by atoms with Gasteiger partial charge >= 0.3 is 0 Å². The summed E-state index contributed by atoms with van der Waals surface area (Å²) in [6.45, 7) is 4.86. The molecule has 2 saturated heterocycles. The van der Waals surface area contributed by atoms with Crippen LogP contribution < -0.4 is 9.80 Å². The van der Waals surface area contributed by atoms with Crippen molar-refractivity contribution in [3.05, 3.63) is 52.8 Å². The quantitative estimate of drug-likeness (QED) is 0.408. The molecule has 1 aromatic carbocycles. The van der Waals surface area contributed by atoms with Crippen molar-refractivity contribution in [2.24, 2.45) is 0 Å². The van der Waals surface area contributed by atoms with Crippen molar-refractivity contribution < 1.29 is 18.7 Å². The van der Waals surface area contributed by atoms with Crippen molar-refractivity contribution in [2.45, 2.75) is 6.92 Å². The molecule has 0 unspecified atom stereocenters. The van der Waals surface area contributed by atoms with E-state index in [9.17, 15) is 9.59 Å².